The smallest absolute Gasteiger partial charge is 0.321 e. The first-order valence-corrected chi connectivity index (χ1v) is 6.96. The molecule has 20 heavy (non-hydrogen) atoms. The van der Waals surface area contributed by atoms with Crippen molar-refractivity contribution in [2.45, 2.75) is 0 Å². The molecule has 0 fully saturated rings. The number of thiophene rings is 1. The lowest BCUT2D eigenvalue weighted by Crippen LogP contribution is -2.19. The predicted octanol–water partition coefficient (Wildman–Crippen LogP) is 2.19. The largest absolute Gasteiger partial charge is 0.328 e. The average Bonchev–Trinajstić information content (AvgIpc) is 3.04. The van der Waals surface area contributed by atoms with Gasteiger partial charge in [0, 0.05) is 19.8 Å². The maximum Gasteiger partial charge on any atom is 0.328 e. The molecule has 2 aromatic heterocycles. The summed E-state index contributed by atoms with van der Waals surface area (Å²) in [6.07, 6.45) is 0. The van der Waals surface area contributed by atoms with Crippen molar-refractivity contribution >= 4 is 34.0 Å². The summed E-state index contributed by atoms with van der Waals surface area (Å²) in [6, 6.07) is 9.05. The van der Waals surface area contributed by atoms with E-state index >= 15 is 0 Å². The first-order chi connectivity index (χ1) is 9.58. The summed E-state index contributed by atoms with van der Waals surface area (Å²) < 4.78 is 3.15. The molecule has 0 aliphatic heterocycles. The topological polar surface area (TPSA) is 56.0 Å². The number of imidazole rings is 1. The van der Waals surface area contributed by atoms with Crippen molar-refractivity contribution in [1.29, 1.82) is 0 Å². The lowest BCUT2D eigenvalue weighted by molar-refractivity contribution is 0.103. The van der Waals surface area contributed by atoms with Crippen molar-refractivity contribution in [3.63, 3.8) is 0 Å². The fourth-order valence-corrected chi connectivity index (χ4v) is 2.80. The molecule has 0 spiro atoms. The van der Waals surface area contributed by atoms with E-state index in [1.807, 2.05) is 23.6 Å². The fourth-order valence-electron chi connectivity index (χ4n) is 2.19. The normalized spacial score (nSPS) is 10.9. The predicted molar refractivity (Wildman–Crippen MR) is 80.4 cm³/mol. The van der Waals surface area contributed by atoms with Gasteiger partial charge in [-0.05, 0) is 29.6 Å². The Hall–Kier alpha value is -2.34. The second-order valence-electron chi connectivity index (χ2n) is 4.54. The van der Waals surface area contributed by atoms with Gasteiger partial charge in [-0.25, -0.2) is 4.79 Å². The van der Waals surface area contributed by atoms with E-state index in [4.69, 9.17) is 0 Å². The standard InChI is InChI=1S/C14H13N3O2S/c1-16-10-6-5-9(8-11(10)17(2)14(16)19)15-13(18)12-4-3-7-20-12/h3-8H,1-2H3,(H,15,18). The minimum absolute atomic E-state index is 0.0817. The minimum atomic E-state index is -0.139. The summed E-state index contributed by atoms with van der Waals surface area (Å²) >= 11 is 1.39. The van der Waals surface area contributed by atoms with E-state index in [9.17, 15) is 9.59 Å². The van der Waals surface area contributed by atoms with E-state index in [1.165, 1.54) is 11.3 Å². The molecule has 0 aliphatic carbocycles. The Labute approximate surface area is 119 Å². The van der Waals surface area contributed by atoms with Crippen molar-refractivity contribution in [3.8, 4) is 0 Å². The van der Waals surface area contributed by atoms with E-state index in [0.717, 1.165) is 11.0 Å². The number of carbonyl (C=O) groups is 1. The number of aromatic nitrogens is 2. The summed E-state index contributed by atoms with van der Waals surface area (Å²) in [6.45, 7) is 0. The van der Waals surface area contributed by atoms with Gasteiger partial charge in [-0.15, -0.1) is 11.3 Å². The highest BCUT2D eigenvalue weighted by Crippen LogP contribution is 2.19. The molecular formula is C14H13N3O2S. The number of hydrogen-bond acceptors (Lipinski definition) is 3. The van der Waals surface area contributed by atoms with E-state index in [1.54, 1.807) is 35.4 Å². The molecular weight excluding hydrogens is 274 g/mol. The van der Waals surface area contributed by atoms with Crippen LogP contribution in [0.25, 0.3) is 11.0 Å². The zero-order valence-corrected chi connectivity index (χ0v) is 11.9. The number of rotatable bonds is 2. The van der Waals surface area contributed by atoms with Crippen LogP contribution in [0.15, 0.2) is 40.5 Å². The molecule has 0 unspecified atom stereocenters. The number of nitrogens with one attached hydrogen (secondary N) is 1. The minimum Gasteiger partial charge on any atom is -0.321 e. The number of fused-ring (bicyclic) bond motifs is 1. The van der Waals surface area contributed by atoms with Gasteiger partial charge in [0.2, 0.25) is 0 Å². The van der Waals surface area contributed by atoms with Gasteiger partial charge in [-0.3, -0.25) is 13.9 Å². The average molecular weight is 287 g/mol. The van der Waals surface area contributed by atoms with Crippen molar-refractivity contribution < 1.29 is 4.79 Å². The monoisotopic (exact) mass is 287 g/mol. The molecule has 1 amide bonds. The summed E-state index contributed by atoms with van der Waals surface area (Å²) in [5, 5.41) is 4.70. The highest BCUT2D eigenvalue weighted by atomic mass is 32.1. The Bertz CT molecular complexity index is 843. The summed E-state index contributed by atoms with van der Waals surface area (Å²) in [4.78, 5) is 24.5. The van der Waals surface area contributed by atoms with Crippen molar-refractivity contribution in [2.24, 2.45) is 14.1 Å². The second kappa shape index (κ2) is 4.64. The van der Waals surface area contributed by atoms with Crippen LogP contribution in [-0.2, 0) is 14.1 Å². The Kier molecular flexibility index (Phi) is 2.94. The number of anilines is 1. The molecule has 3 rings (SSSR count). The number of amides is 1. The Morgan fingerprint density at radius 3 is 2.60 bits per heavy atom. The first kappa shape index (κ1) is 12.7. The third-order valence-electron chi connectivity index (χ3n) is 3.27. The third kappa shape index (κ3) is 1.94. The first-order valence-electron chi connectivity index (χ1n) is 6.08. The van der Waals surface area contributed by atoms with Crippen molar-refractivity contribution in [1.82, 2.24) is 9.13 Å². The Balaban J connectivity index is 2.00. The van der Waals surface area contributed by atoms with Crippen LogP contribution in [-0.4, -0.2) is 15.0 Å². The maximum atomic E-state index is 12.0. The number of aryl methyl sites for hydroxylation is 2. The highest BCUT2D eigenvalue weighted by molar-refractivity contribution is 7.12. The molecule has 0 atom stereocenters. The molecule has 102 valence electrons. The zero-order chi connectivity index (χ0) is 14.3. The van der Waals surface area contributed by atoms with Gasteiger partial charge in [0.05, 0.1) is 15.9 Å². The van der Waals surface area contributed by atoms with Crippen molar-refractivity contribution in [2.75, 3.05) is 5.32 Å². The van der Waals surface area contributed by atoms with E-state index in [2.05, 4.69) is 5.32 Å². The Morgan fingerprint density at radius 1 is 1.15 bits per heavy atom. The van der Waals surface area contributed by atoms with Gasteiger partial charge in [-0.1, -0.05) is 6.07 Å². The summed E-state index contributed by atoms with van der Waals surface area (Å²) in [7, 11) is 3.45. The Morgan fingerprint density at radius 2 is 1.90 bits per heavy atom. The van der Waals surface area contributed by atoms with Crippen molar-refractivity contribution in [3.05, 3.63) is 51.1 Å². The lowest BCUT2D eigenvalue weighted by Gasteiger charge is -2.04. The SMILES string of the molecule is Cn1c(=O)n(C)c2cc(NC(=O)c3cccs3)ccc21. The number of benzene rings is 1. The molecule has 6 heteroatoms. The number of nitrogens with zero attached hydrogens (tertiary/aromatic N) is 2. The van der Waals surface area contributed by atoms with Gasteiger partial charge in [0.15, 0.2) is 0 Å². The molecule has 1 aromatic carbocycles. The van der Waals surface area contributed by atoms with Gasteiger partial charge in [0.25, 0.3) is 5.91 Å². The van der Waals surface area contributed by atoms with E-state index in [0.29, 0.717) is 10.6 Å². The molecule has 1 N–H and O–H groups in total. The molecule has 3 aromatic rings. The van der Waals surface area contributed by atoms with Gasteiger partial charge >= 0.3 is 5.69 Å². The number of hydrogen-bond donors (Lipinski definition) is 1. The maximum absolute atomic E-state index is 12.0. The third-order valence-corrected chi connectivity index (χ3v) is 4.14. The van der Waals surface area contributed by atoms with Crippen LogP contribution in [0, 0.1) is 0 Å². The van der Waals surface area contributed by atoms with Gasteiger partial charge in [-0.2, -0.15) is 0 Å². The van der Waals surface area contributed by atoms with Crippen LogP contribution in [0.1, 0.15) is 9.67 Å². The van der Waals surface area contributed by atoms with Gasteiger partial charge in [0.1, 0.15) is 0 Å². The highest BCUT2D eigenvalue weighted by Gasteiger charge is 2.10. The van der Waals surface area contributed by atoms with Crippen LogP contribution < -0.4 is 11.0 Å². The van der Waals surface area contributed by atoms with Crippen LogP contribution in [0.2, 0.25) is 0 Å². The van der Waals surface area contributed by atoms with E-state index < -0.39 is 0 Å². The molecule has 0 aliphatic rings. The molecule has 2 heterocycles. The fraction of sp³-hybridized carbons (Fsp3) is 0.143. The van der Waals surface area contributed by atoms with Crippen LogP contribution >= 0.6 is 11.3 Å². The molecule has 0 saturated carbocycles. The van der Waals surface area contributed by atoms with Crippen LogP contribution in [0.5, 0.6) is 0 Å². The van der Waals surface area contributed by atoms with Crippen LogP contribution in [0.4, 0.5) is 5.69 Å². The molecule has 5 nitrogen and oxygen atoms in total. The second-order valence-corrected chi connectivity index (χ2v) is 5.48. The van der Waals surface area contributed by atoms with Gasteiger partial charge < -0.3 is 5.32 Å². The number of carbonyl (C=O) groups excluding carboxylic acids is 1. The summed E-state index contributed by atoms with van der Waals surface area (Å²) in [5.41, 5.74) is 2.23. The molecule has 0 saturated heterocycles. The summed E-state index contributed by atoms with van der Waals surface area (Å²) in [5.74, 6) is -0.139. The zero-order valence-electron chi connectivity index (χ0n) is 11.1. The molecule has 0 radical (unpaired) electrons. The quantitative estimate of drug-likeness (QED) is 0.785. The van der Waals surface area contributed by atoms with E-state index in [-0.39, 0.29) is 11.6 Å². The van der Waals surface area contributed by atoms with Crippen LogP contribution in [0.3, 0.4) is 0 Å². The molecule has 0 bridgehead atoms. The lowest BCUT2D eigenvalue weighted by atomic mass is 10.2.